The highest BCUT2D eigenvalue weighted by molar-refractivity contribution is 7.14. The van der Waals surface area contributed by atoms with Crippen LogP contribution >= 0.6 is 11.3 Å². The molecular formula is C20H18F2N6O3S. The number of anilines is 2. The van der Waals surface area contributed by atoms with Crippen molar-refractivity contribution in [3.05, 3.63) is 67.8 Å². The number of aromatic nitrogens is 3. The van der Waals surface area contributed by atoms with E-state index in [9.17, 15) is 23.2 Å². The van der Waals surface area contributed by atoms with Gasteiger partial charge in [0.1, 0.15) is 5.82 Å². The highest BCUT2D eigenvalue weighted by atomic mass is 32.1. The van der Waals surface area contributed by atoms with Gasteiger partial charge < -0.3 is 5.32 Å². The van der Waals surface area contributed by atoms with Gasteiger partial charge in [0.2, 0.25) is 5.91 Å². The van der Waals surface area contributed by atoms with E-state index in [-0.39, 0.29) is 17.1 Å². The first-order valence-electron chi connectivity index (χ1n) is 9.37. The van der Waals surface area contributed by atoms with E-state index in [2.05, 4.69) is 15.7 Å². The number of hydrogen-bond donors (Lipinski definition) is 2. The summed E-state index contributed by atoms with van der Waals surface area (Å²) in [5, 5.41) is 6.09. The lowest BCUT2D eigenvalue weighted by atomic mass is 10.0. The molecule has 3 aromatic rings. The third-order valence-corrected chi connectivity index (χ3v) is 5.69. The quantitative estimate of drug-likeness (QED) is 0.619. The molecule has 2 aromatic heterocycles. The van der Waals surface area contributed by atoms with Crippen LogP contribution in [0.5, 0.6) is 0 Å². The van der Waals surface area contributed by atoms with Crippen molar-refractivity contribution in [1.29, 1.82) is 0 Å². The average Bonchev–Trinajstić information content (AvgIpc) is 3.20. The molecule has 2 N–H and O–H groups in total. The van der Waals surface area contributed by atoms with Crippen molar-refractivity contribution in [1.82, 2.24) is 19.1 Å². The molecule has 0 aliphatic carbocycles. The van der Waals surface area contributed by atoms with Crippen LogP contribution in [0.2, 0.25) is 0 Å². The van der Waals surface area contributed by atoms with Crippen molar-refractivity contribution in [2.24, 2.45) is 14.1 Å². The third kappa shape index (κ3) is 3.80. The summed E-state index contributed by atoms with van der Waals surface area (Å²) in [6, 6.07) is 3.43. The zero-order valence-corrected chi connectivity index (χ0v) is 18.1. The molecule has 4 rings (SSSR count). The molecule has 1 amide bonds. The maximum Gasteiger partial charge on any atom is 0.332 e. The van der Waals surface area contributed by atoms with Crippen LogP contribution in [0, 0.1) is 11.6 Å². The van der Waals surface area contributed by atoms with Crippen LogP contribution in [0.4, 0.5) is 19.7 Å². The van der Waals surface area contributed by atoms with Gasteiger partial charge in [-0.05, 0) is 23.8 Å². The van der Waals surface area contributed by atoms with Crippen molar-refractivity contribution in [2.45, 2.75) is 6.42 Å². The van der Waals surface area contributed by atoms with Crippen molar-refractivity contribution in [3.8, 4) is 11.3 Å². The number of hydrazine groups is 1. The molecule has 0 saturated heterocycles. The van der Waals surface area contributed by atoms with Gasteiger partial charge in [-0.25, -0.2) is 18.6 Å². The normalized spacial score (nSPS) is 12.8. The van der Waals surface area contributed by atoms with Gasteiger partial charge in [0.05, 0.1) is 17.7 Å². The van der Waals surface area contributed by atoms with Gasteiger partial charge in [-0.3, -0.25) is 29.2 Å². The zero-order chi connectivity index (χ0) is 23.2. The molecule has 9 nitrogen and oxygen atoms in total. The number of carbonyl (C=O) groups is 1. The smallest absolute Gasteiger partial charge is 0.302 e. The Kier molecular flexibility index (Phi) is 5.38. The molecule has 0 unspecified atom stereocenters. The Morgan fingerprint density at radius 1 is 1.16 bits per heavy atom. The Morgan fingerprint density at radius 2 is 1.91 bits per heavy atom. The maximum absolute atomic E-state index is 13.5. The topological polar surface area (TPSA) is 101 Å². The van der Waals surface area contributed by atoms with Gasteiger partial charge in [0, 0.05) is 38.3 Å². The highest BCUT2D eigenvalue weighted by Crippen LogP contribution is 2.29. The summed E-state index contributed by atoms with van der Waals surface area (Å²) in [7, 11) is 4.58. The lowest BCUT2D eigenvalue weighted by Gasteiger charge is -2.28. The number of thiazole rings is 1. The number of hydrogen-bond acceptors (Lipinski definition) is 7. The first kappa shape index (κ1) is 21.4. The average molecular weight is 460 g/mol. The second-order valence-electron chi connectivity index (χ2n) is 7.20. The van der Waals surface area contributed by atoms with E-state index in [1.165, 1.54) is 24.7 Å². The van der Waals surface area contributed by atoms with Crippen molar-refractivity contribution in [3.63, 3.8) is 0 Å². The molecule has 12 heteroatoms. The van der Waals surface area contributed by atoms with E-state index in [0.29, 0.717) is 22.6 Å². The zero-order valence-electron chi connectivity index (χ0n) is 17.3. The second kappa shape index (κ2) is 8.04. The fourth-order valence-corrected chi connectivity index (χ4v) is 4.09. The molecule has 0 bridgehead atoms. The molecule has 3 heterocycles. The summed E-state index contributed by atoms with van der Waals surface area (Å²) in [6.07, 6.45) is 1.45. The molecule has 0 spiro atoms. The minimum atomic E-state index is -0.988. The van der Waals surface area contributed by atoms with Gasteiger partial charge in [-0.2, -0.15) is 0 Å². The number of halogens is 2. The van der Waals surface area contributed by atoms with Crippen molar-refractivity contribution in [2.75, 3.05) is 17.8 Å². The van der Waals surface area contributed by atoms with Gasteiger partial charge >= 0.3 is 5.69 Å². The summed E-state index contributed by atoms with van der Waals surface area (Å²) < 4.78 is 28.9. The molecule has 0 fully saturated rings. The van der Waals surface area contributed by atoms with Crippen LogP contribution < -0.4 is 22.0 Å². The largest absolute Gasteiger partial charge is 0.332 e. The Balaban J connectivity index is 1.57. The lowest BCUT2D eigenvalue weighted by Crippen LogP contribution is -2.43. The minimum absolute atomic E-state index is 0.146. The van der Waals surface area contributed by atoms with Crippen LogP contribution in [0.3, 0.4) is 0 Å². The van der Waals surface area contributed by atoms with Crippen LogP contribution in [0.25, 0.3) is 16.8 Å². The number of nitrogens with one attached hydrogen (secondary N) is 2. The van der Waals surface area contributed by atoms with E-state index >= 15 is 0 Å². The molecule has 1 aliphatic heterocycles. The molecular weight excluding hydrogens is 442 g/mol. The van der Waals surface area contributed by atoms with E-state index in [0.717, 1.165) is 28.0 Å². The second-order valence-corrected chi connectivity index (χ2v) is 8.06. The number of carbonyl (C=O) groups excluding carboxylic acids is 1. The van der Waals surface area contributed by atoms with Crippen molar-refractivity contribution >= 4 is 33.8 Å². The molecule has 0 radical (unpaired) electrons. The fraction of sp³-hybridized carbons (Fsp3) is 0.200. The molecule has 0 atom stereocenters. The van der Waals surface area contributed by atoms with Gasteiger partial charge in [0.25, 0.3) is 5.56 Å². The Hall–Kier alpha value is -3.80. The van der Waals surface area contributed by atoms with Crippen LogP contribution in [-0.4, -0.2) is 32.1 Å². The standard InChI is InChI=1S/C20H18F2N6O3S/c1-26-8-11(16-17(25-26)27(2)20(31)28(3)18(16)30)7-15(29)24-19-23-14(9-32-19)10-4-5-12(21)13(22)6-10/h4-6,8-9,25H,7H2,1-3H3,(H,23,24,29). The molecule has 166 valence electrons. The Bertz CT molecular complexity index is 1390. The number of benzene rings is 1. The van der Waals surface area contributed by atoms with Gasteiger partial charge in [-0.1, -0.05) is 0 Å². The molecule has 1 aliphatic rings. The highest BCUT2D eigenvalue weighted by Gasteiger charge is 2.25. The summed E-state index contributed by atoms with van der Waals surface area (Å²) in [5.41, 5.74) is 3.33. The Morgan fingerprint density at radius 3 is 2.62 bits per heavy atom. The summed E-state index contributed by atoms with van der Waals surface area (Å²) in [6.45, 7) is 0. The number of nitrogens with zero attached hydrogens (tertiary/aromatic N) is 4. The van der Waals surface area contributed by atoms with E-state index in [1.807, 2.05) is 0 Å². The SMILES string of the molecule is CN1C=C(CC(=O)Nc2nc(-c3ccc(F)c(F)c3)cs2)c2c(n(C)c(=O)n(C)c2=O)N1. The first-order chi connectivity index (χ1) is 15.2. The van der Waals surface area contributed by atoms with Crippen LogP contribution in [0.15, 0.2) is 39.4 Å². The number of fused-ring (bicyclic) bond motifs is 1. The molecule has 0 saturated carbocycles. The van der Waals surface area contributed by atoms with Gasteiger partial charge in [-0.15, -0.1) is 11.3 Å². The van der Waals surface area contributed by atoms with E-state index in [1.54, 1.807) is 23.6 Å². The van der Waals surface area contributed by atoms with Gasteiger partial charge in [0.15, 0.2) is 16.8 Å². The summed E-state index contributed by atoms with van der Waals surface area (Å²) >= 11 is 1.13. The Labute approximate surface area is 184 Å². The van der Waals surface area contributed by atoms with Crippen LogP contribution in [-0.2, 0) is 18.9 Å². The predicted molar refractivity (Wildman–Crippen MR) is 117 cm³/mol. The summed E-state index contributed by atoms with van der Waals surface area (Å²) in [5.74, 6) is -2.08. The van der Waals surface area contributed by atoms with E-state index < -0.39 is 28.8 Å². The maximum atomic E-state index is 13.5. The third-order valence-electron chi connectivity index (χ3n) is 4.93. The first-order valence-corrected chi connectivity index (χ1v) is 10.2. The summed E-state index contributed by atoms with van der Waals surface area (Å²) in [4.78, 5) is 41.8. The van der Waals surface area contributed by atoms with Crippen molar-refractivity contribution < 1.29 is 13.6 Å². The molecule has 32 heavy (non-hydrogen) atoms. The monoisotopic (exact) mass is 460 g/mol. The van der Waals surface area contributed by atoms with Crippen LogP contribution in [0.1, 0.15) is 12.0 Å². The fourth-order valence-electron chi connectivity index (χ4n) is 3.35. The molecule has 1 aromatic carbocycles. The number of amides is 1. The minimum Gasteiger partial charge on any atom is -0.302 e. The number of rotatable bonds is 4. The lowest BCUT2D eigenvalue weighted by molar-refractivity contribution is -0.115. The predicted octanol–water partition coefficient (Wildman–Crippen LogP) is 2.13. The van der Waals surface area contributed by atoms with E-state index in [4.69, 9.17) is 0 Å².